The van der Waals surface area contributed by atoms with Crippen molar-refractivity contribution in [3.8, 4) is 0 Å². The molecule has 0 rings (SSSR count). The maximum atomic E-state index is 3.98. The van der Waals surface area contributed by atoms with E-state index in [4.69, 9.17) is 0 Å². The number of hydrogen-bond donors (Lipinski definition) is 0. The first-order valence-electron chi connectivity index (χ1n) is 10.7. The molecule has 0 saturated heterocycles. The van der Waals surface area contributed by atoms with Gasteiger partial charge in [0, 0.05) is 0 Å². The Hall–Kier alpha value is -0.260. The van der Waals surface area contributed by atoms with Crippen molar-refractivity contribution in [1.29, 1.82) is 0 Å². The van der Waals surface area contributed by atoms with Crippen LogP contribution in [0.15, 0.2) is 12.2 Å². The molecule has 0 bridgehead atoms. The Morgan fingerprint density at radius 2 is 1.04 bits per heavy atom. The minimum Gasteiger partial charge on any atom is -0.100 e. The highest BCUT2D eigenvalue weighted by Crippen LogP contribution is 2.24. The van der Waals surface area contributed by atoms with Crippen LogP contribution in [-0.2, 0) is 0 Å². The van der Waals surface area contributed by atoms with Crippen LogP contribution in [0.4, 0.5) is 0 Å². The molecule has 0 aromatic carbocycles. The summed E-state index contributed by atoms with van der Waals surface area (Å²) >= 11 is 0. The molecule has 138 valence electrons. The Kier molecular flexibility index (Phi) is 16.4. The van der Waals surface area contributed by atoms with E-state index in [0.717, 1.165) is 11.8 Å². The van der Waals surface area contributed by atoms with Crippen molar-refractivity contribution in [2.24, 2.45) is 11.8 Å². The van der Waals surface area contributed by atoms with Gasteiger partial charge in [0.25, 0.3) is 0 Å². The SMILES string of the molecule is C=C(C)CCCCCCCC(C)C(C)CCCCCCCCC. The average molecular weight is 323 g/mol. The summed E-state index contributed by atoms with van der Waals surface area (Å²) < 4.78 is 0. The van der Waals surface area contributed by atoms with E-state index in [1.165, 1.54) is 102 Å². The average Bonchev–Trinajstić information content (AvgIpc) is 2.52. The molecular formula is C23H46. The normalized spacial score (nSPS) is 13.9. The summed E-state index contributed by atoms with van der Waals surface area (Å²) in [4.78, 5) is 0. The monoisotopic (exact) mass is 322 g/mol. The Morgan fingerprint density at radius 3 is 1.48 bits per heavy atom. The van der Waals surface area contributed by atoms with Crippen LogP contribution in [0, 0.1) is 11.8 Å². The van der Waals surface area contributed by atoms with Gasteiger partial charge in [0.2, 0.25) is 0 Å². The molecule has 0 radical (unpaired) electrons. The zero-order chi connectivity index (χ0) is 17.3. The van der Waals surface area contributed by atoms with Gasteiger partial charge >= 0.3 is 0 Å². The van der Waals surface area contributed by atoms with E-state index in [0.29, 0.717) is 0 Å². The first kappa shape index (κ1) is 22.7. The molecule has 23 heavy (non-hydrogen) atoms. The van der Waals surface area contributed by atoms with Crippen molar-refractivity contribution in [3.05, 3.63) is 12.2 Å². The molecule has 0 N–H and O–H groups in total. The lowest BCUT2D eigenvalue weighted by Gasteiger charge is -2.19. The molecule has 2 unspecified atom stereocenters. The van der Waals surface area contributed by atoms with E-state index in [-0.39, 0.29) is 0 Å². The second-order valence-corrected chi connectivity index (χ2v) is 8.13. The molecule has 0 aromatic heterocycles. The van der Waals surface area contributed by atoms with Crippen molar-refractivity contribution < 1.29 is 0 Å². The fourth-order valence-electron chi connectivity index (χ4n) is 3.42. The first-order valence-corrected chi connectivity index (χ1v) is 10.7. The fraction of sp³-hybridized carbons (Fsp3) is 0.913. The molecule has 0 aliphatic rings. The number of unbranched alkanes of at least 4 members (excludes halogenated alkanes) is 10. The lowest BCUT2D eigenvalue weighted by Crippen LogP contribution is -2.08. The zero-order valence-corrected chi connectivity index (χ0v) is 17.0. The third-order valence-electron chi connectivity index (χ3n) is 5.50. The fourth-order valence-corrected chi connectivity index (χ4v) is 3.42. The van der Waals surface area contributed by atoms with Crippen molar-refractivity contribution in [1.82, 2.24) is 0 Å². The molecule has 0 heteroatoms. The van der Waals surface area contributed by atoms with Crippen LogP contribution in [0.1, 0.15) is 124 Å². The maximum absolute atomic E-state index is 3.98. The molecule has 0 fully saturated rings. The summed E-state index contributed by atoms with van der Waals surface area (Å²) in [6.45, 7) is 13.4. The van der Waals surface area contributed by atoms with Gasteiger partial charge in [-0.3, -0.25) is 0 Å². The van der Waals surface area contributed by atoms with E-state index in [1.807, 2.05) is 0 Å². The standard InChI is InChI=1S/C23H46/c1-6-7-8-9-10-13-16-19-22(4)23(5)20-17-14-11-12-15-18-21(2)3/h22-23H,2,6-20H2,1,3-5H3. The van der Waals surface area contributed by atoms with Crippen LogP contribution in [0.3, 0.4) is 0 Å². The largest absolute Gasteiger partial charge is 0.100 e. The van der Waals surface area contributed by atoms with E-state index in [9.17, 15) is 0 Å². The van der Waals surface area contributed by atoms with Gasteiger partial charge < -0.3 is 0 Å². The van der Waals surface area contributed by atoms with Crippen molar-refractivity contribution in [2.45, 2.75) is 124 Å². The quantitative estimate of drug-likeness (QED) is 0.185. The third kappa shape index (κ3) is 16.4. The van der Waals surface area contributed by atoms with Gasteiger partial charge in [-0.2, -0.15) is 0 Å². The minimum atomic E-state index is 0.922. The predicted molar refractivity (Wildman–Crippen MR) is 108 cm³/mol. The van der Waals surface area contributed by atoms with Crippen LogP contribution < -0.4 is 0 Å². The van der Waals surface area contributed by atoms with Crippen LogP contribution in [-0.4, -0.2) is 0 Å². The smallest absolute Gasteiger partial charge is 0.0326 e. The van der Waals surface area contributed by atoms with Crippen molar-refractivity contribution in [2.75, 3.05) is 0 Å². The molecule has 0 aliphatic carbocycles. The summed E-state index contributed by atoms with van der Waals surface area (Å²) in [7, 11) is 0. The van der Waals surface area contributed by atoms with Gasteiger partial charge in [-0.15, -0.1) is 6.58 Å². The molecule has 2 atom stereocenters. The predicted octanol–water partition coefficient (Wildman–Crippen LogP) is 8.71. The van der Waals surface area contributed by atoms with Gasteiger partial charge in [0.05, 0.1) is 0 Å². The van der Waals surface area contributed by atoms with E-state index in [2.05, 4.69) is 34.3 Å². The topological polar surface area (TPSA) is 0 Å². The summed E-state index contributed by atoms with van der Waals surface area (Å²) in [6, 6.07) is 0. The molecule has 0 saturated carbocycles. The molecule has 0 aromatic rings. The highest BCUT2D eigenvalue weighted by atomic mass is 14.2. The van der Waals surface area contributed by atoms with Gasteiger partial charge in [-0.1, -0.05) is 110 Å². The van der Waals surface area contributed by atoms with Crippen LogP contribution >= 0.6 is 0 Å². The summed E-state index contributed by atoms with van der Waals surface area (Å²) in [5.41, 5.74) is 1.35. The van der Waals surface area contributed by atoms with Gasteiger partial charge in [0.15, 0.2) is 0 Å². The second kappa shape index (κ2) is 16.6. The number of hydrogen-bond acceptors (Lipinski definition) is 0. The van der Waals surface area contributed by atoms with Crippen LogP contribution in [0.25, 0.3) is 0 Å². The Morgan fingerprint density at radius 1 is 0.652 bits per heavy atom. The Labute approximate surface area is 148 Å². The van der Waals surface area contributed by atoms with Crippen molar-refractivity contribution in [3.63, 3.8) is 0 Å². The highest BCUT2D eigenvalue weighted by molar-refractivity contribution is 4.86. The molecule has 0 heterocycles. The molecule has 0 aliphatic heterocycles. The first-order chi connectivity index (χ1) is 11.1. The summed E-state index contributed by atoms with van der Waals surface area (Å²) in [6.07, 6.45) is 21.3. The highest BCUT2D eigenvalue weighted by Gasteiger charge is 2.11. The van der Waals surface area contributed by atoms with Gasteiger partial charge in [-0.25, -0.2) is 0 Å². The number of rotatable bonds is 17. The van der Waals surface area contributed by atoms with Crippen LogP contribution in [0.5, 0.6) is 0 Å². The minimum absolute atomic E-state index is 0.922. The van der Waals surface area contributed by atoms with Gasteiger partial charge in [-0.05, 0) is 31.6 Å². The summed E-state index contributed by atoms with van der Waals surface area (Å²) in [5.74, 6) is 1.85. The summed E-state index contributed by atoms with van der Waals surface area (Å²) in [5, 5.41) is 0. The van der Waals surface area contributed by atoms with E-state index < -0.39 is 0 Å². The third-order valence-corrected chi connectivity index (χ3v) is 5.50. The molecule has 0 spiro atoms. The zero-order valence-electron chi connectivity index (χ0n) is 17.0. The lowest BCUT2D eigenvalue weighted by atomic mass is 9.86. The van der Waals surface area contributed by atoms with Gasteiger partial charge in [0.1, 0.15) is 0 Å². The molecule has 0 nitrogen and oxygen atoms in total. The second-order valence-electron chi connectivity index (χ2n) is 8.13. The van der Waals surface area contributed by atoms with E-state index in [1.54, 1.807) is 0 Å². The number of allylic oxidation sites excluding steroid dienone is 1. The molecule has 0 amide bonds. The molecular weight excluding hydrogens is 276 g/mol. The van der Waals surface area contributed by atoms with Crippen molar-refractivity contribution >= 4 is 0 Å². The van der Waals surface area contributed by atoms with E-state index >= 15 is 0 Å². The maximum Gasteiger partial charge on any atom is -0.0326 e. The van der Waals surface area contributed by atoms with Crippen LogP contribution in [0.2, 0.25) is 0 Å². The lowest BCUT2D eigenvalue weighted by molar-refractivity contribution is 0.322. The Balaban J connectivity index is 3.37. The Bertz CT molecular complexity index is 253.